The molecule has 0 spiro atoms. The number of benzene rings is 1. The van der Waals surface area contributed by atoms with Crippen molar-refractivity contribution in [2.24, 2.45) is 5.92 Å². The van der Waals surface area contributed by atoms with Gasteiger partial charge in [0.25, 0.3) is 0 Å². The van der Waals surface area contributed by atoms with E-state index in [2.05, 4.69) is 6.07 Å². The highest BCUT2D eigenvalue weighted by Crippen LogP contribution is 2.23. The number of aliphatic hydroxyl groups is 1. The highest BCUT2D eigenvalue weighted by molar-refractivity contribution is 5.28. The lowest BCUT2D eigenvalue weighted by atomic mass is 9.99. The van der Waals surface area contributed by atoms with Gasteiger partial charge in [-0.15, -0.1) is 0 Å². The Morgan fingerprint density at radius 1 is 1.38 bits per heavy atom. The summed E-state index contributed by atoms with van der Waals surface area (Å²) in [5.74, 6) is 0.661. The van der Waals surface area contributed by atoms with Crippen LogP contribution in [0.1, 0.15) is 31.9 Å². The summed E-state index contributed by atoms with van der Waals surface area (Å²) >= 11 is 0. The van der Waals surface area contributed by atoms with Crippen molar-refractivity contribution >= 4 is 0 Å². The van der Waals surface area contributed by atoms with Crippen molar-refractivity contribution in [3.8, 4) is 11.8 Å². The van der Waals surface area contributed by atoms with Gasteiger partial charge in [0.1, 0.15) is 5.75 Å². The smallest absolute Gasteiger partial charge is 0.119 e. The Hall–Kier alpha value is -1.53. The first kappa shape index (κ1) is 12.5. The molecule has 0 aromatic heterocycles. The maximum Gasteiger partial charge on any atom is 0.119 e. The molecule has 1 aromatic rings. The second-order valence-electron chi connectivity index (χ2n) is 3.78. The van der Waals surface area contributed by atoms with Gasteiger partial charge in [-0.2, -0.15) is 5.26 Å². The summed E-state index contributed by atoms with van der Waals surface area (Å²) in [7, 11) is 0. The maximum atomic E-state index is 9.85. The number of hydrogen-bond donors (Lipinski definition) is 1. The average Bonchev–Trinajstić information content (AvgIpc) is 2.30. The van der Waals surface area contributed by atoms with Crippen molar-refractivity contribution in [1.82, 2.24) is 0 Å². The first-order chi connectivity index (χ1) is 7.67. The molecule has 1 N–H and O–H groups in total. The van der Waals surface area contributed by atoms with Crippen LogP contribution in [0.4, 0.5) is 0 Å². The van der Waals surface area contributed by atoms with E-state index in [1.54, 1.807) is 6.92 Å². The SMILES string of the molecule is CCOc1ccc(C(O)CC(C)C#N)cc1. The third-order valence-electron chi connectivity index (χ3n) is 2.37. The van der Waals surface area contributed by atoms with Crippen molar-refractivity contribution in [2.45, 2.75) is 26.4 Å². The van der Waals surface area contributed by atoms with Gasteiger partial charge in [0.2, 0.25) is 0 Å². The molecule has 3 nitrogen and oxygen atoms in total. The normalized spacial score (nSPS) is 13.9. The Bertz CT molecular complexity index is 353. The van der Waals surface area contributed by atoms with Gasteiger partial charge in [-0.1, -0.05) is 12.1 Å². The zero-order chi connectivity index (χ0) is 12.0. The van der Waals surface area contributed by atoms with Gasteiger partial charge >= 0.3 is 0 Å². The van der Waals surface area contributed by atoms with Gasteiger partial charge in [-0.25, -0.2) is 0 Å². The van der Waals surface area contributed by atoms with Crippen LogP contribution < -0.4 is 4.74 Å². The minimum absolute atomic E-state index is 0.137. The Balaban J connectivity index is 2.63. The van der Waals surface area contributed by atoms with Crippen LogP contribution in [0.3, 0.4) is 0 Å². The lowest BCUT2D eigenvalue weighted by Crippen LogP contribution is -2.03. The van der Waals surface area contributed by atoms with Crippen molar-refractivity contribution in [1.29, 1.82) is 5.26 Å². The molecule has 0 aliphatic rings. The molecular formula is C13H17NO2. The summed E-state index contributed by atoms with van der Waals surface area (Å²) < 4.78 is 5.31. The molecule has 0 heterocycles. The summed E-state index contributed by atoms with van der Waals surface area (Å²) in [6.45, 7) is 4.36. The Kier molecular flexibility index (Phi) is 4.81. The fraction of sp³-hybridized carbons (Fsp3) is 0.462. The average molecular weight is 219 g/mol. The lowest BCUT2D eigenvalue weighted by molar-refractivity contribution is 0.156. The molecule has 0 aliphatic heterocycles. The molecular weight excluding hydrogens is 202 g/mol. The number of nitriles is 1. The topological polar surface area (TPSA) is 53.2 Å². The fourth-order valence-corrected chi connectivity index (χ4v) is 1.48. The number of aliphatic hydroxyl groups excluding tert-OH is 1. The zero-order valence-corrected chi connectivity index (χ0v) is 9.68. The van der Waals surface area contributed by atoms with Gasteiger partial charge in [0.05, 0.1) is 18.8 Å². The van der Waals surface area contributed by atoms with Crippen LogP contribution in [0.15, 0.2) is 24.3 Å². The van der Waals surface area contributed by atoms with Crippen molar-refractivity contribution in [3.05, 3.63) is 29.8 Å². The quantitative estimate of drug-likeness (QED) is 0.828. The molecule has 3 heteroatoms. The third kappa shape index (κ3) is 3.56. The van der Waals surface area contributed by atoms with E-state index in [1.165, 1.54) is 0 Å². The van der Waals surface area contributed by atoms with Crippen LogP contribution in [0, 0.1) is 17.2 Å². The first-order valence-electron chi connectivity index (χ1n) is 5.47. The second-order valence-corrected chi connectivity index (χ2v) is 3.78. The van der Waals surface area contributed by atoms with Crippen molar-refractivity contribution < 1.29 is 9.84 Å². The van der Waals surface area contributed by atoms with Crippen molar-refractivity contribution in [3.63, 3.8) is 0 Å². The highest BCUT2D eigenvalue weighted by atomic mass is 16.5. The number of rotatable bonds is 5. The van der Waals surface area contributed by atoms with Crippen LogP contribution >= 0.6 is 0 Å². The monoisotopic (exact) mass is 219 g/mol. The molecule has 0 fully saturated rings. The molecule has 0 saturated carbocycles. The minimum Gasteiger partial charge on any atom is -0.494 e. The van der Waals surface area contributed by atoms with E-state index in [0.717, 1.165) is 11.3 Å². The van der Waals surface area contributed by atoms with Crippen LogP contribution in [-0.4, -0.2) is 11.7 Å². The standard InChI is InChI=1S/C13H17NO2/c1-3-16-12-6-4-11(5-7-12)13(15)8-10(2)9-14/h4-7,10,13,15H,3,8H2,1-2H3. The summed E-state index contributed by atoms with van der Waals surface area (Å²) in [5.41, 5.74) is 0.825. The number of nitrogens with zero attached hydrogens (tertiary/aromatic N) is 1. The Morgan fingerprint density at radius 3 is 2.50 bits per heavy atom. The number of ether oxygens (including phenoxy) is 1. The minimum atomic E-state index is -0.578. The fourth-order valence-electron chi connectivity index (χ4n) is 1.48. The zero-order valence-electron chi connectivity index (χ0n) is 9.68. The first-order valence-corrected chi connectivity index (χ1v) is 5.47. The molecule has 0 saturated heterocycles. The largest absolute Gasteiger partial charge is 0.494 e. The Morgan fingerprint density at radius 2 is 2.00 bits per heavy atom. The van der Waals surface area contributed by atoms with Crippen molar-refractivity contribution in [2.75, 3.05) is 6.61 Å². The van der Waals surface area contributed by atoms with E-state index in [0.29, 0.717) is 13.0 Å². The van der Waals surface area contributed by atoms with Gasteiger partial charge < -0.3 is 9.84 Å². The summed E-state index contributed by atoms with van der Waals surface area (Å²) in [6, 6.07) is 9.44. The molecule has 2 unspecified atom stereocenters. The van der Waals surface area contributed by atoms with E-state index < -0.39 is 6.10 Å². The van der Waals surface area contributed by atoms with E-state index in [1.807, 2.05) is 31.2 Å². The number of hydrogen-bond acceptors (Lipinski definition) is 3. The second kappa shape index (κ2) is 6.14. The molecule has 1 rings (SSSR count). The summed E-state index contributed by atoms with van der Waals surface area (Å²) in [6.07, 6.45) is -0.116. The van der Waals surface area contributed by atoms with E-state index in [9.17, 15) is 5.11 Å². The Labute approximate surface area is 96.3 Å². The van der Waals surface area contributed by atoms with Crippen LogP contribution in [-0.2, 0) is 0 Å². The highest BCUT2D eigenvalue weighted by Gasteiger charge is 2.11. The van der Waals surface area contributed by atoms with Gasteiger partial charge in [0, 0.05) is 5.92 Å². The van der Waals surface area contributed by atoms with Gasteiger partial charge in [-0.3, -0.25) is 0 Å². The molecule has 0 amide bonds. The van der Waals surface area contributed by atoms with E-state index in [4.69, 9.17) is 10.00 Å². The predicted octanol–water partition coefficient (Wildman–Crippen LogP) is 2.67. The molecule has 86 valence electrons. The van der Waals surface area contributed by atoms with Gasteiger partial charge in [0.15, 0.2) is 0 Å². The molecule has 0 radical (unpaired) electrons. The predicted molar refractivity (Wildman–Crippen MR) is 62.0 cm³/mol. The third-order valence-corrected chi connectivity index (χ3v) is 2.37. The molecule has 0 aliphatic carbocycles. The summed E-state index contributed by atoms with van der Waals surface area (Å²) in [5, 5.41) is 18.5. The maximum absolute atomic E-state index is 9.85. The molecule has 16 heavy (non-hydrogen) atoms. The summed E-state index contributed by atoms with van der Waals surface area (Å²) in [4.78, 5) is 0. The molecule has 1 aromatic carbocycles. The van der Waals surface area contributed by atoms with E-state index >= 15 is 0 Å². The van der Waals surface area contributed by atoms with E-state index in [-0.39, 0.29) is 5.92 Å². The van der Waals surface area contributed by atoms with Crippen LogP contribution in [0.5, 0.6) is 5.75 Å². The lowest BCUT2D eigenvalue weighted by Gasteiger charge is -2.12. The van der Waals surface area contributed by atoms with Crippen LogP contribution in [0.2, 0.25) is 0 Å². The van der Waals surface area contributed by atoms with Crippen LogP contribution in [0.25, 0.3) is 0 Å². The van der Waals surface area contributed by atoms with Gasteiger partial charge in [-0.05, 0) is 38.0 Å². The molecule has 2 atom stereocenters. The molecule has 0 bridgehead atoms.